The molecule has 6 heteroatoms. The van der Waals surface area contributed by atoms with E-state index in [1.165, 1.54) is 11.6 Å². The van der Waals surface area contributed by atoms with Crippen molar-refractivity contribution < 1.29 is 4.79 Å². The molecule has 146 valence electrons. The molecule has 0 bridgehead atoms. The van der Waals surface area contributed by atoms with E-state index in [2.05, 4.69) is 4.99 Å². The van der Waals surface area contributed by atoms with E-state index in [0.29, 0.717) is 24.2 Å². The van der Waals surface area contributed by atoms with Crippen molar-refractivity contribution in [2.75, 3.05) is 0 Å². The fraction of sp³-hybridized carbons (Fsp3) is 0.304. The molecule has 2 aliphatic rings. The van der Waals surface area contributed by atoms with Crippen molar-refractivity contribution in [3.63, 3.8) is 0 Å². The van der Waals surface area contributed by atoms with Crippen LogP contribution in [0.15, 0.2) is 57.0 Å². The van der Waals surface area contributed by atoms with Gasteiger partial charge in [0.1, 0.15) is 11.6 Å². The average Bonchev–Trinajstić information content (AvgIpc) is 2.74. The molecule has 5 rings (SSSR count). The van der Waals surface area contributed by atoms with Crippen molar-refractivity contribution in [3.8, 4) is 0 Å². The molecule has 2 unspecified atom stereocenters. The number of hydrogen-bond acceptors (Lipinski definition) is 4. The third-order valence-electron chi connectivity index (χ3n) is 6.28. The van der Waals surface area contributed by atoms with Crippen molar-refractivity contribution >= 4 is 28.1 Å². The van der Waals surface area contributed by atoms with Gasteiger partial charge in [-0.15, -0.1) is 0 Å². The Morgan fingerprint density at radius 3 is 2.48 bits per heavy atom. The number of ketones is 1. The molecule has 0 saturated heterocycles. The molecule has 1 fully saturated rings. The van der Waals surface area contributed by atoms with Crippen LogP contribution in [0.2, 0.25) is 0 Å². The zero-order valence-electron chi connectivity index (χ0n) is 16.4. The van der Waals surface area contributed by atoms with Crippen LogP contribution in [-0.2, 0) is 18.9 Å². The Bertz CT molecular complexity index is 1320. The molecule has 3 aromatic rings. The minimum atomic E-state index is -0.452. The summed E-state index contributed by atoms with van der Waals surface area (Å²) in [5.74, 6) is -0.388. The highest BCUT2D eigenvalue weighted by Crippen LogP contribution is 2.45. The molecule has 2 heterocycles. The summed E-state index contributed by atoms with van der Waals surface area (Å²) in [6.45, 7) is 0. The van der Waals surface area contributed by atoms with Crippen LogP contribution in [0.4, 0.5) is 5.82 Å². The Kier molecular flexibility index (Phi) is 3.91. The summed E-state index contributed by atoms with van der Waals surface area (Å²) in [5, 5.41) is 2.07. The summed E-state index contributed by atoms with van der Waals surface area (Å²) in [5.41, 5.74) is 1.38. The fourth-order valence-corrected chi connectivity index (χ4v) is 4.87. The number of carbonyl (C=O) groups is 1. The zero-order valence-corrected chi connectivity index (χ0v) is 16.4. The van der Waals surface area contributed by atoms with Gasteiger partial charge in [-0.3, -0.25) is 18.7 Å². The Hall–Kier alpha value is -3.28. The van der Waals surface area contributed by atoms with Crippen molar-refractivity contribution in [1.29, 1.82) is 0 Å². The summed E-state index contributed by atoms with van der Waals surface area (Å²) >= 11 is 0. The van der Waals surface area contributed by atoms with Gasteiger partial charge in [-0.05, 0) is 29.2 Å². The highest BCUT2D eigenvalue weighted by atomic mass is 16.2. The maximum absolute atomic E-state index is 13.3. The number of aliphatic imine (C=N–C) groups is 1. The van der Waals surface area contributed by atoms with Gasteiger partial charge in [0.25, 0.3) is 5.56 Å². The smallest absolute Gasteiger partial charge is 0.299 e. The molecule has 0 radical (unpaired) electrons. The van der Waals surface area contributed by atoms with Crippen LogP contribution >= 0.6 is 0 Å². The lowest BCUT2D eigenvalue weighted by atomic mass is 9.69. The molecule has 0 spiro atoms. The van der Waals surface area contributed by atoms with Crippen LogP contribution in [0.3, 0.4) is 0 Å². The van der Waals surface area contributed by atoms with Gasteiger partial charge in [0.15, 0.2) is 0 Å². The SMILES string of the molecule is Cn1c2c(c(=O)n(C)c1=O)C(c1cccc3ccccc13)C1C(=O)CCCC1=N2. The standard InChI is InChI=1S/C23H21N3O3/c1-25-21-20(22(28)26(2)23(25)29)18(19-16(24-21)11-6-12-17(19)27)15-10-5-8-13-7-3-4-9-14(13)15/h3-5,7-10,18-19H,6,11-12H2,1-2H3. The minimum absolute atomic E-state index is 0.120. The first-order valence-electron chi connectivity index (χ1n) is 9.86. The van der Waals surface area contributed by atoms with Gasteiger partial charge in [0, 0.05) is 32.1 Å². The third kappa shape index (κ3) is 2.48. The highest BCUT2D eigenvalue weighted by molar-refractivity contribution is 6.10. The molecule has 2 atom stereocenters. The van der Waals surface area contributed by atoms with Gasteiger partial charge < -0.3 is 0 Å². The minimum Gasteiger partial charge on any atom is -0.299 e. The first-order chi connectivity index (χ1) is 14.0. The highest BCUT2D eigenvalue weighted by Gasteiger charge is 2.43. The maximum Gasteiger partial charge on any atom is 0.332 e. The van der Waals surface area contributed by atoms with Gasteiger partial charge in [0.05, 0.1) is 11.5 Å². The van der Waals surface area contributed by atoms with Gasteiger partial charge in [-0.25, -0.2) is 9.79 Å². The number of hydrogen-bond donors (Lipinski definition) is 0. The van der Waals surface area contributed by atoms with Crippen LogP contribution in [0.25, 0.3) is 10.8 Å². The number of carbonyl (C=O) groups excluding carboxylic acids is 1. The number of rotatable bonds is 1. The predicted octanol–water partition coefficient (Wildman–Crippen LogP) is 2.82. The second kappa shape index (κ2) is 6.37. The van der Waals surface area contributed by atoms with Crippen molar-refractivity contribution in [1.82, 2.24) is 9.13 Å². The summed E-state index contributed by atoms with van der Waals surface area (Å²) in [6, 6.07) is 14.0. The van der Waals surface area contributed by atoms with Crippen molar-refractivity contribution in [3.05, 3.63) is 74.4 Å². The van der Waals surface area contributed by atoms with Crippen LogP contribution in [0, 0.1) is 5.92 Å². The molecule has 2 aromatic carbocycles. The summed E-state index contributed by atoms with van der Waals surface area (Å²) in [4.78, 5) is 43.5. The molecule has 6 nitrogen and oxygen atoms in total. The third-order valence-corrected chi connectivity index (χ3v) is 6.28. The van der Waals surface area contributed by atoms with E-state index in [9.17, 15) is 14.4 Å². The van der Waals surface area contributed by atoms with E-state index in [4.69, 9.17) is 0 Å². The topological polar surface area (TPSA) is 73.4 Å². The van der Waals surface area contributed by atoms with Crippen molar-refractivity contribution in [2.45, 2.75) is 25.2 Å². The molecular formula is C23H21N3O3. The largest absolute Gasteiger partial charge is 0.332 e. The number of nitrogens with zero attached hydrogens (tertiary/aromatic N) is 3. The van der Waals surface area contributed by atoms with Crippen LogP contribution in [-0.4, -0.2) is 20.6 Å². The first-order valence-corrected chi connectivity index (χ1v) is 9.86. The Morgan fingerprint density at radius 2 is 1.66 bits per heavy atom. The molecule has 0 N–H and O–H groups in total. The summed E-state index contributed by atoms with van der Waals surface area (Å²) in [7, 11) is 3.11. The van der Waals surface area contributed by atoms with Gasteiger partial charge in [0.2, 0.25) is 0 Å². The lowest BCUT2D eigenvalue weighted by molar-refractivity contribution is -0.121. The van der Waals surface area contributed by atoms with E-state index < -0.39 is 17.5 Å². The molecule has 1 aromatic heterocycles. The quantitative estimate of drug-likeness (QED) is 0.644. The summed E-state index contributed by atoms with van der Waals surface area (Å²) < 4.78 is 2.54. The number of fused-ring (bicyclic) bond motifs is 3. The maximum atomic E-state index is 13.3. The Labute approximate surface area is 167 Å². The molecule has 1 saturated carbocycles. The predicted molar refractivity (Wildman–Crippen MR) is 112 cm³/mol. The molecule has 0 amide bonds. The van der Waals surface area contributed by atoms with E-state index >= 15 is 0 Å². The first kappa shape index (κ1) is 17.8. The normalized spacial score (nSPS) is 20.9. The average molecular weight is 387 g/mol. The lowest BCUT2D eigenvalue weighted by Gasteiger charge is -2.35. The zero-order chi connectivity index (χ0) is 20.3. The van der Waals surface area contributed by atoms with Gasteiger partial charge in [-0.1, -0.05) is 42.5 Å². The van der Waals surface area contributed by atoms with E-state index in [0.717, 1.165) is 33.0 Å². The lowest BCUT2D eigenvalue weighted by Crippen LogP contribution is -2.45. The van der Waals surface area contributed by atoms with Gasteiger partial charge in [-0.2, -0.15) is 0 Å². The van der Waals surface area contributed by atoms with Crippen LogP contribution in [0.5, 0.6) is 0 Å². The monoisotopic (exact) mass is 387 g/mol. The number of benzene rings is 2. The fourth-order valence-electron chi connectivity index (χ4n) is 4.87. The van der Waals surface area contributed by atoms with E-state index in [1.54, 1.807) is 7.05 Å². The number of aromatic nitrogens is 2. The number of Topliss-reactive ketones (excluding diaryl/α,β-unsaturated/α-hetero) is 1. The summed E-state index contributed by atoms with van der Waals surface area (Å²) in [6.07, 6.45) is 1.96. The van der Waals surface area contributed by atoms with Crippen molar-refractivity contribution in [2.24, 2.45) is 25.0 Å². The Morgan fingerprint density at radius 1 is 0.897 bits per heavy atom. The van der Waals surface area contributed by atoms with E-state index in [1.807, 2.05) is 42.5 Å². The molecule has 1 aliphatic heterocycles. The van der Waals surface area contributed by atoms with Crippen LogP contribution in [0.1, 0.15) is 36.3 Å². The second-order valence-corrected chi connectivity index (χ2v) is 7.89. The molecule has 1 aliphatic carbocycles. The second-order valence-electron chi connectivity index (χ2n) is 7.89. The van der Waals surface area contributed by atoms with E-state index in [-0.39, 0.29) is 11.3 Å². The van der Waals surface area contributed by atoms with Crippen LogP contribution < -0.4 is 11.2 Å². The Balaban J connectivity index is 1.92. The van der Waals surface area contributed by atoms with Gasteiger partial charge >= 0.3 is 5.69 Å². The molecule has 29 heavy (non-hydrogen) atoms. The molecular weight excluding hydrogens is 366 g/mol.